The van der Waals surface area contributed by atoms with Crippen LogP contribution in [0.3, 0.4) is 0 Å². The molecule has 1 aromatic carbocycles. The molecule has 0 atom stereocenters. The Kier molecular flexibility index (Phi) is 4.30. The lowest BCUT2D eigenvalue weighted by Crippen LogP contribution is -2.04. The minimum atomic E-state index is -1.78. The molecule has 2 aromatic rings. The van der Waals surface area contributed by atoms with Crippen LogP contribution in [-0.2, 0) is 6.42 Å². The van der Waals surface area contributed by atoms with Crippen molar-refractivity contribution in [2.45, 2.75) is 13.3 Å². The van der Waals surface area contributed by atoms with E-state index in [1.165, 1.54) is 13.2 Å². The van der Waals surface area contributed by atoms with E-state index in [-0.39, 0.29) is 11.5 Å². The fourth-order valence-electron chi connectivity index (χ4n) is 1.68. The Bertz CT molecular complexity index is 650. The van der Waals surface area contributed by atoms with Gasteiger partial charge in [-0.25, -0.2) is 0 Å². The fraction of sp³-hybridized carbons (Fsp3) is 0.214. The smallest absolute Gasteiger partial charge is 0.255 e. The van der Waals surface area contributed by atoms with Gasteiger partial charge in [0.25, 0.3) is 11.9 Å². The molecule has 0 saturated carbocycles. The summed E-state index contributed by atoms with van der Waals surface area (Å²) in [7, 11) is 1.34. The van der Waals surface area contributed by atoms with E-state index in [0.717, 1.165) is 5.56 Å². The van der Waals surface area contributed by atoms with Crippen molar-refractivity contribution >= 4 is 0 Å². The molecule has 0 aliphatic carbocycles. The third-order valence-electron chi connectivity index (χ3n) is 2.81. The largest absolute Gasteiger partial charge is 0.493 e. The van der Waals surface area contributed by atoms with E-state index in [9.17, 15) is 17.6 Å². The van der Waals surface area contributed by atoms with Crippen LogP contribution in [0.25, 0.3) is 0 Å². The standard InChI is InChI=1S/C14H11F4NO2/c1-3-7-4-5-8(9(6-7)20-2)21-12-10(15)13(17)19-14(18)11(12)16/h4-6H,3H2,1-2H3. The summed E-state index contributed by atoms with van der Waals surface area (Å²) < 4.78 is 63.0. The summed E-state index contributed by atoms with van der Waals surface area (Å²) in [4.78, 5) is 2.45. The topological polar surface area (TPSA) is 31.4 Å². The van der Waals surface area contributed by atoms with Crippen molar-refractivity contribution in [1.82, 2.24) is 4.98 Å². The highest BCUT2D eigenvalue weighted by molar-refractivity contribution is 5.45. The minimum Gasteiger partial charge on any atom is -0.493 e. The van der Waals surface area contributed by atoms with Gasteiger partial charge in [-0.3, -0.25) is 0 Å². The third kappa shape index (κ3) is 2.91. The van der Waals surface area contributed by atoms with Crippen LogP contribution in [0.4, 0.5) is 17.6 Å². The monoisotopic (exact) mass is 301 g/mol. The minimum absolute atomic E-state index is 0.0718. The van der Waals surface area contributed by atoms with Gasteiger partial charge in [-0.05, 0) is 24.1 Å². The van der Waals surface area contributed by atoms with Gasteiger partial charge in [-0.15, -0.1) is 0 Å². The average Bonchev–Trinajstić information content (AvgIpc) is 2.49. The first-order chi connectivity index (χ1) is 9.97. The van der Waals surface area contributed by atoms with Gasteiger partial charge >= 0.3 is 0 Å². The first-order valence-electron chi connectivity index (χ1n) is 6.02. The van der Waals surface area contributed by atoms with Crippen molar-refractivity contribution in [2.24, 2.45) is 0 Å². The zero-order chi connectivity index (χ0) is 15.6. The summed E-state index contributed by atoms with van der Waals surface area (Å²) in [6.07, 6.45) is 0.706. The van der Waals surface area contributed by atoms with Crippen molar-refractivity contribution in [1.29, 1.82) is 0 Å². The summed E-state index contributed by atoms with van der Waals surface area (Å²) in [5.74, 6) is -8.09. The zero-order valence-corrected chi connectivity index (χ0v) is 11.2. The second-order valence-corrected chi connectivity index (χ2v) is 4.09. The van der Waals surface area contributed by atoms with E-state index < -0.39 is 29.3 Å². The summed E-state index contributed by atoms with van der Waals surface area (Å²) in [6.45, 7) is 1.91. The molecule has 0 amide bonds. The third-order valence-corrected chi connectivity index (χ3v) is 2.81. The van der Waals surface area contributed by atoms with Gasteiger partial charge in [0.05, 0.1) is 7.11 Å². The summed E-state index contributed by atoms with van der Waals surface area (Å²) in [6, 6.07) is 4.63. The molecule has 0 bridgehead atoms. The molecule has 0 N–H and O–H groups in total. The molecule has 0 spiro atoms. The van der Waals surface area contributed by atoms with E-state index in [1.54, 1.807) is 12.1 Å². The SMILES string of the molecule is CCc1ccc(Oc2c(F)c(F)nc(F)c2F)c(OC)c1. The number of methoxy groups -OCH3 is 1. The number of ether oxygens (including phenoxy) is 2. The van der Waals surface area contributed by atoms with Gasteiger partial charge in [-0.2, -0.15) is 22.5 Å². The molecule has 0 aliphatic rings. The Morgan fingerprint density at radius 2 is 1.62 bits per heavy atom. The van der Waals surface area contributed by atoms with Crippen LogP contribution in [0.5, 0.6) is 17.2 Å². The van der Waals surface area contributed by atoms with Crippen molar-refractivity contribution < 1.29 is 27.0 Å². The lowest BCUT2D eigenvalue weighted by molar-refractivity contribution is 0.328. The molecule has 7 heteroatoms. The Balaban J connectivity index is 2.48. The van der Waals surface area contributed by atoms with E-state index in [0.29, 0.717) is 6.42 Å². The van der Waals surface area contributed by atoms with Gasteiger partial charge in [0.1, 0.15) is 0 Å². The number of nitrogens with zero attached hydrogens (tertiary/aromatic N) is 1. The molecule has 3 nitrogen and oxygen atoms in total. The lowest BCUT2D eigenvalue weighted by Gasteiger charge is -2.12. The quantitative estimate of drug-likeness (QED) is 0.632. The van der Waals surface area contributed by atoms with Crippen molar-refractivity contribution in [3.8, 4) is 17.2 Å². The first-order valence-corrected chi connectivity index (χ1v) is 6.02. The van der Waals surface area contributed by atoms with Crippen LogP contribution in [0.15, 0.2) is 18.2 Å². The summed E-state index contributed by atoms with van der Waals surface area (Å²) >= 11 is 0. The maximum Gasteiger partial charge on any atom is 0.255 e. The molecule has 0 saturated heterocycles. The number of hydrogen-bond donors (Lipinski definition) is 0. The Morgan fingerprint density at radius 1 is 1.00 bits per heavy atom. The number of aryl methyl sites for hydroxylation is 1. The van der Waals surface area contributed by atoms with Gasteiger partial charge in [-0.1, -0.05) is 13.0 Å². The van der Waals surface area contributed by atoms with Gasteiger partial charge in [0.15, 0.2) is 11.5 Å². The number of benzene rings is 1. The molecule has 112 valence electrons. The molecule has 1 heterocycles. The second kappa shape index (κ2) is 5.99. The van der Waals surface area contributed by atoms with Crippen LogP contribution in [0.2, 0.25) is 0 Å². The molecule has 0 fully saturated rings. The van der Waals surface area contributed by atoms with E-state index in [1.807, 2.05) is 6.92 Å². The highest BCUT2D eigenvalue weighted by atomic mass is 19.2. The maximum absolute atomic E-state index is 13.5. The van der Waals surface area contributed by atoms with E-state index >= 15 is 0 Å². The molecule has 2 rings (SSSR count). The van der Waals surface area contributed by atoms with Crippen molar-refractivity contribution in [3.63, 3.8) is 0 Å². The molecule has 21 heavy (non-hydrogen) atoms. The Hall–Kier alpha value is -2.31. The van der Waals surface area contributed by atoms with Crippen LogP contribution < -0.4 is 9.47 Å². The highest BCUT2D eigenvalue weighted by Gasteiger charge is 2.23. The average molecular weight is 301 g/mol. The molecule has 0 aliphatic heterocycles. The first kappa shape index (κ1) is 15.1. The van der Waals surface area contributed by atoms with Crippen molar-refractivity contribution in [3.05, 3.63) is 47.3 Å². The fourth-order valence-corrected chi connectivity index (χ4v) is 1.68. The number of halogens is 4. The van der Waals surface area contributed by atoms with Gasteiger partial charge in [0, 0.05) is 0 Å². The number of rotatable bonds is 4. The normalized spacial score (nSPS) is 10.6. The van der Waals surface area contributed by atoms with Crippen LogP contribution in [-0.4, -0.2) is 12.1 Å². The van der Waals surface area contributed by atoms with E-state index in [4.69, 9.17) is 9.47 Å². The lowest BCUT2D eigenvalue weighted by atomic mass is 10.1. The zero-order valence-electron chi connectivity index (χ0n) is 11.2. The molecule has 0 radical (unpaired) electrons. The number of aromatic nitrogens is 1. The van der Waals surface area contributed by atoms with Crippen LogP contribution >= 0.6 is 0 Å². The van der Waals surface area contributed by atoms with E-state index in [2.05, 4.69) is 4.98 Å². The number of hydrogen-bond acceptors (Lipinski definition) is 3. The van der Waals surface area contributed by atoms with Crippen LogP contribution in [0, 0.1) is 23.5 Å². The predicted octanol–water partition coefficient (Wildman–Crippen LogP) is 4.00. The summed E-state index contributed by atoms with van der Waals surface area (Å²) in [5.41, 5.74) is 0.896. The predicted molar refractivity (Wildman–Crippen MR) is 66.5 cm³/mol. The molecule has 1 aromatic heterocycles. The summed E-state index contributed by atoms with van der Waals surface area (Å²) in [5, 5.41) is 0. The van der Waals surface area contributed by atoms with Gasteiger partial charge < -0.3 is 9.47 Å². The molecule has 0 unspecified atom stereocenters. The van der Waals surface area contributed by atoms with Gasteiger partial charge in [0.2, 0.25) is 17.4 Å². The number of pyridine rings is 1. The molecular formula is C14H11F4NO2. The maximum atomic E-state index is 13.5. The van der Waals surface area contributed by atoms with Crippen LogP contribution in [0.1, 0.15) is 12.5 Å². The Morgan fingerprint density at radius 3 is 2.14 bits per heavy atom. The van der Waals surface area contributed by atoms with Crippen molar-refractivity contribution in [2.75, 3.05) is 7.11 Å². The second-order valence-electron chi connectivity index (χ2n) is 4.09. The molecular weight excluding hydrogens is 290 g/mol. The highest BCUT2D eigenvalue weighted by Crippen LogP contribution is 2.35. The Labute approximate surface area is 118 Å².